The number of ether oxygens (including phenoxy) is 1. The fraction of sp³-hybridized carbons (Fsp3) is 1.00. The topological polar surface area (TPSA) is 32.7 Å². The molecule has 0 fully saturated rings. The third kappa shape index (κ3) is 10.3. The van der Waals surface area contributed by atoms with Crippen molar-refractivity contribution in [2.75, 3.05) is 6.61 Å². The van der Waals surface area contributed by atoms with Gasteiger partial charge < -0.3 is 9.84 Å². The zero-order valence-electron chi connectivity index (χ0n) is 18.1. The largest absolute Gasteiger partial charge is 0.389 e. The molecular formula is C19H45NO2Si2. The summed E-state index contributed by atoms with van der Waals surface area (Å²) < 4.78 is 6.14. The maximum atomic E-state index is 10.2. The molecule has 0 aliphatic rings. The van der Waals surface area contributed by atoms with Crippen molar-refractivity contribution in [1.82, 2.24) is 4.90 Å². The van der Waals surface area contributed by atoms with E-state index in [1.807, 2.05) is 6.92 Å². The second-order valence-corrected chi connectivity index (χ2v) is 20.9. The van der Waals surface area contributed by atoms with Gasteiger partial charge >= 0.3 is 0 Å². The maximum absolute atomic E-state index is 10.2. The Bertz CT molecular complexity index is 331. The summed E-state index contributed by atoms with van der Waals surface area (Å²) in [5, 5.41) is 10.2. The molecular weight excluding hydrogens is 330 g/mol. The van der Waals surface area contributed by atoms with Crippen LogP contribution in [0.2, 0.25) is 50.9 Å². The van der Waals surface area contributed by atoms with Gasteiger partial charge in [0.1, 0.15) is 6.23 Å². The van der Waals surface area contributed by atoms with Gasteiger partial charge in [-0.05, 0) is 41.0 Å². The summed E-state index contributed by atoms with van der Waals surface area (Å²) in [6.07, 6.45) is 0.460. The van der Waals surface area contributed by atoms with Gasteiger partial charge in [0.15, 0.2) is 0 Å². The van der Waals surface area contributed by atoms with E-state index in [9.17, 15) is 5.11 Å². The van der Waals surface area contributed by atoms with E-state index in [1.165, 1.54) is 18.1 Å². The highest BCUT2D eigenvalue weighted by Crippen LogP contribution is 2.25. The highest BCUT2D eigenvalue weighted by molar-refractivity contribution is 6.82. The molecule has 0 heterocycles. The number of aliphatic hydroxyl groups is 1. The smallest absolute Gasteiger partial charge is 0.136 e. The van der Waals surface area contributed by atoms with Gasteiger partial charge in [0, 0.05) is 34.8 Å². The first-order valence-electron chi connectivity index (χ1n) is 9.84. The van der Waals surface area contributed by atoms with Crippen LogP contribution in [0, 0.1) is 0 Å². The Hall–Kier alpha value is 0.314. The molecule has 0 radical (unpaired) electrons. The van der Waals surface area contributed by atoms with E-state index < -0.39 is 22.3 Å². The van der Waals surface area contributed by atoms with Crippen LogP contribution in [0.1, 0.15) is 41.0 Å². The molecule has 2 atom stereocenters. The van der Waals surface area contributed by atoms with Gasteiger partial charge in [-0.15, -0.1) is 0 Å². The zero-order valence-corrected chi connectivity index (χ0v) is 20.1. The fourth-order valence-corrected chi connectivity index (χ4v) is 10.3. The maximum Gasteiger partial charge on any atom is 0.136 e. The summed E-state index contributed by atoms with van der Waals surface area (Å²) in [7, 11) is -2.03. The minimum Gasteiger partial charge on any atom is -0.389 e. The standard InChI is InChI=1S/C19H45NO2Si2/c1-16(2)20(17(3)4)19(18(5)21)22-12-11-13-24(9,10)15-14-23(6,7)8/h16-19,21H,11-15H2,1-10H3. The van der Waals surface area contributed by atoms with Crippen LogP contribution in [0.3, 0.4) is 0 Å². The average Bonchev–Trinajstić information content (AvgIpc) is 2.38. The summed E-state index contributed by atoms with van der Waals surface area (Å²) in [6, 6.07) is 4.97. The molecule has 0 rings (SSSR count). The summed E-state index contributed by atoms with van der Waals surface area (Å²) in [5.74, 6) is 0. The monoisotopic (exact) mass is 375 g/mol. The Morgan fingerprint density at radius 2 is 1.33 bits per heavy atom. The van der Waals surface area contributed by atoms with Crippen LogP contribution in [0.5, 0.6) is 0 Å². The van der Waals surface area contributed by atoms with Crippen molar-refractivity contribution in [3.05, 3.63) is 0 Å². The van der Waals surface area contributed by atoms with Crippen LogP contribution in [0.4, 0.5) is 0 Å². The van der Waals surface area contributed by atoms with Gasteiger partial charge in [-0.1, -0.05) is 50.9 Å². The van der Waals surface area contributed by atoms with Crippen LogP contribution < -0.4 is 0 Å². The predicted molar refractivity (Wildman–Crippen MR) is 113 cm³/mol. The van der Waals surface area contributed by atoms with Gasteiger partial charge in [-0.25, -0.2) is 0 Å². The molecule has 0 aliphatic carbocycles. The molecule has 0 aromatic carbocycles. The fourth-order valence-electron chi connectivity index (χ4n) is 3.25. The van der Waals surface area contributed by atoms with E-state index in [2.05, 4.69) is 65.3 Å². The minimum atomic E-state index is -1.10. The summed E-state index contributed by atoms with van der Waals surface area (Å²) >= 11 is 0. The Labute approximate surface area is 154 Å². The van der Waals surface area contributed by atoms with Crippen LogP contribution in [0.25, 0.3) is 0 Å². The minimum absolute atomic E-state index is 0.197. The Morgan fingerprint density at radius 3 is 1.71 bits per heavy atom. The van der Waals surface area contributed by atoms with Gasteiger partial charge in [-0.2, -0.15) is 0 Å². The van der Waals surface area contributed by atoms with E-state index in [0.29, 0.717) is 12.1 Å². The lowest BCUT2D eigenvalue weighted by Crippen LogP contribution is -2.51. The molecule has 0 amide bonds. The predicted octanol–water partition coefficient (Wildman–Crippen LogP) is 5.27. The van der Waals surface area contributed by atoms with Crippen molar-refractivity contribution in [1.29, 1.82) is 0 Å². The molecule has 1 N–H and O–H groups in total. The third-order valence-electron chi connectivity index (χ3n) is 4.74. The highest BCUT2D eigenvalue weighted by atomic mass is 28.3. The second-order valence-electron chi connectivity index (χ2n) is 9.97. The Balaban J connectivity index is 4.44. The number of rotatable bonds is 12. The molecule has 24 heavy (non-hydrogen) atoms. The number of hydrogen-bond acceptors (Lipinski definition) is 3. The first-order valence-corrected chi connectivity index (χ1v) is 17.0. The van der Waals surface area contributed by atoms with Gasteiger partial charge in [-0.3, -0.25) is 4.90 Å². The van der Waals surface area contributed by atoms with Crippen molar-refractivity contribution < 1.29 is 9.84 Å². The molecule has 0 saturated heterocycles. The number of hydrogen-bond donors (Lipinski definition) is 1. The van der Waals surface area contributed by atoms with Crippen molar-refractivity contribution in [2.45, 2.75) is 116 Å². The quantitative estimate of drug-likeness (QED) is 0.287. The molecule has 0 aliphatic heterocycles. The number of nitrogens with zero attached hydrogens (tertiary/aromatic N) is 1. The Morgan fingerprint density at radius 1 is 0.833 bits per heavy atom. The molecule has 0 bridgehead atoms. The normalized spacial score (nSPS) is 16.2. The lowest BCUT2D eigenvalue weighted by atomic mass is 10.2. The van der Waals surface area contributed by atoms with Crippen molar-refractivity contribution in [3.8, 4) is 0 Å². The van der Waals surface area contributed by atoms with Crippen LogP contribution in [-0.2, 0) is 4.74 Å². The van der Waals surface area contributed by atoms with Gasteiger partial charge in [0.05, 0.1) is 6.10 Å². The van der Waals surface area contributed by atoms with Crippen LogP contribution >= 0.6 is 0 Å². The van der Waals surface area contributed by atoms with Crippen molar-refractivity contribution in [3.63, 3.8) is 0 Å². The van der Waals surface area contributed by atoms with E-state index in [1.54, 1.807) is 0 Å². The first-order chi connectivity index (χ1) is 10.8. The lowest BCUT2D eigenvalue weighted by Gasteiger charge is -2.39. The molecule has 146 valence electrons. The average molecular weight is 376 g/mol. The molecule has 5 heteroatoms. The zero-order chi connectivity index (χ0) is 19.1. The second kappa shape index (κ2) is 10.5. The summed E-state index contributed by atoms with van der Waals surface area (Å²) in [4.78, 5) is 2.28. The summed E-state index contributed by atoms with van der Waals surface area (Å²) in [5.41, 5.74) is 0. The van der Waals surface area contributed by atoms with Crippen LogP contribution in [-0.4, -0.2) is 57.2 Å². The van der Waals surface area contributed by atoms with Crippen molar-refractivity contribution in [2.24, 2.45) is 0 Å². The lowest BCUT2D eigenvalue weighted by molar-refractivity contribution is -0.140. The molecule has 3 nitrogen and oxygen atoms in total. The third-order valence-corrected chi connectivity index (χ3v) is 10.3. The van der Waals surface area contributed by atoms with Gasteiger partial charge in [0.25, 0.3) is 0 Å². The SMILES string of the molecule is CC(O)C(OCCC[Si](C)(C)CC[Si](C)(C)C)N(C(C)C)C(C)C. The van der Waals surface area contributed by atoms with E-state index >= 15 is 0 Å². The Kier molecular flexibility index (Phi) is 10.6. The number of aliphatic hydroxyl groups excluding tert-OH is 1. The van der Waals surface area contributed by atoms with Gasteiger partial charge in [0.2, 0.25) is 0 Å². The highest BCUT2D eigenvalue weighted by Gasteiger charge is 2.29. The van der Waals surface area contributed by atoms with Crippen molar-refractivity contribution >= 4 is 16.1 Å². The molecule has 0 saturated carbocycles. The molecule has 0 aromatic heterocycles. The van der Waals surface area contributed by atoms with E-state index in [4.69, 9.17) is 4.74 Å². The molecule has 0 aromatic rings. The molecule has 0 spiro atoms. The molecule has 2 unspecified atom stereocenters. The van der Waals surface area contributed by atoms with Crippen LogP contribution in [0.15, 0.2) is 0 Å². The van der Waals surface area contributed by atoms with E-state index in [0.717, 1.165) is 13.0 Å². The summed E-state index contributed by atoms with van der Waals surface area (Å²) in [6.45, 7) is 23.7. The van der Waals surface area contributed by atoms with E-state index in [-0.39, 0.29) is 6.23 Å². The first kappa shape index (κ1) is 24.3.